The highest BCUT2D eigenvalue weighted by Crippen LogP contribution is 2.22. The summed E-state index contributed by atoms with van der Waals surface area (Å²) in [6.07, 6.45) is 6.03. The van der Waals surface area contributed by atoms with Gasteiger partial charge in [0, 0.05) is 6.61 Å². The highest BCUT2D eigenvalue weighted by atomic mass is 16.5. The molecular weight excluding hydrogens is 340 g/mol. The molecule has 0 aliphatic carbocycles. The second-order valence-electron chi connectivity index (χ2n) is 6.77. The summed E-state index contributed by atoms with van der Waals surface area (Å²) in [4.78, 5) is 0. The van der Waals surface area contributed by atoms with E-state index in [1.165, 1.54) is 30.4 Å². The van der Waals surface area contributed by atoms with E-state index in [1.54, 1.807) is 0 Å². The lowest BCUT2D eigenvalue weighted by Crippen LogP contribution is -2.19. The van der Waals surface area contributed by atoms with Crippen molar-refractivity contribution in [2.45, 2.75) is 44.6 Å². The minimum absolute atomic E-state index is 0.222. The van der Waals surface area contributed by atoms with Gasteiger partial charge in [-0.15, -0.1) is 0 Å². The van der Waals surface area contributed by atoms with E-state index in [2.05, 4.69) is 36.4 Å². The van der Waals surface area contributed by atoms with E-state index in [-0.39, 0.29) is 13.2 Å². The first kappa shape index (κ1) is 21.4. The maximum Gasteiger partial charge on any atom is 0.119 e. The van der Waals surface area contributed by atoms with Crippen LogP contribution in [0.1, 0.15) is 38.5 Å². The lowest BCUT2D eigenvalue weighted by molar-refractivity contribution is 0.00525. The van der Waals surface area contributed by atoms with Crippen LogP contribution in [0.2, 0.25) is 0 Å². The van der Waals surface area contributed by atoms with Gasteiger partial charge in [-0.1, -0.05) is 68.1 Å². The second-order valence-corrected chi connectivity index (χ2v) is 6.77. The molecule has 0 aliphatic rings. The average molecular weight is 373 g/mol. The zero-order chi connectivity index (χ0) is 19.2. The van der Waals surface area contributed by atoms with Gasteiger partial charge < -0.3 is 19.7 Å². The fourth-order valence-corrected chi connectivity index (χ4v) is 2.85. The SMILES string of the molecule is OCC(O)COCCCCCCCCOc1ccc(-c2ccccc2)cc1. The maximum atomic E-state index is 9.14. The van der Waals surface area contributed by atoms with Gasteiger partial charge in [0.1, 0.15) is 11.9 Å². The summed E-state index contributed by atoms with van der Waals surface area (Å²) < 4.78 is 11.1. The number of benzene rings is 2. The third kappa shape index (κ3) is 9.05. The minimum atomic E-state index is -0.750. The summed E-state index contributed by atoms with van der Waals surface area (Å²) in [6, 6.07) is 18.6. The monoisotopic (exact) mass is 372 g/mol. The lowest BCUT2D eigenvalue weighted by Gasteiger charge is -2.08. The van der Waals surface area contributed by atoms with Gasteiger partial charge in [0.25, 0.3) is 0 Å². The summed E-state index contributed by atoms with van der Waals surface area (Å²) in [5.74, 6) is 0.928. The van der Waals surface area contributed by atoms with E-state index in [1.807, 2.05) is 18.2 Å². The van der Waals surface area contributed by atoms with Crippen LogP contribution in [0.25, 0.3) is 11.1 Å². The number of hydrogen-bond acceptors (Lipinski definition) is 4. The van der Waals surface area contributed by atoms with Crippen molar-refractivity contribution in [3.63, 3.8) is 0 Å². The molecule has 1 atom stereocenters. The van der Waals surface area contributed by atoms with Crippen LogP contribution in [0.5, 0.6) is 5.75 Å². The van der Waals surface area contributed by atoms with Crippen molar-refractivity contribution in [2.75, 3.05) is 26.4 Å². The van der Waals surface area contributed by atoms with Crippen LogP contribution in [-0.2, 0) is 4.74 Å². The van der Waals surface area contributed by atoms with E-state index in [0.29, 0.717) is 6.61 Å². The Morgan fingerprint density at radius 3 is 1.96 bits per heavy atom. The zero-order valence-corrected chi connectivity index (χ0v) is 16.1. The van der Waals surface area contributed by atoms with Crippen molar-refractivity contribution in [1.82, 2.24) is 0 Å². The first-order valence-corrected chi connectivity index (χ1v) is 9.94. The fourth-order valence-electron chi connectivity index (χ4n) is 2.85. The zero-order valence-electron chi connectivity index (χ0n) is 16.1. The normalized spacial score (nSPS) is 12.1. The first-order valence-electron chi connectivity index (χ1n) is 9.94. The van der Waals surface area contributed by atoms with Crippen LogP contribution < -0.4 is 4.74 Å². The molecule has 4 heteroatoms. The Morgan fingerprint density at radius 1 is 0.704 bits per heavy atom. The largest absolute Gasteiger partial charge is 0.494 e. The minimum Gasteiger partial charge on any atom is -0.494 e. The van der Waals surface area contributed by atoms with Gasteiger partial charge in [-0.3, -0.25) is 0 Å². The van der Waals surface area contributed by atoms with Crippen LogP contribution in [0, 0.1) is 0 Å². The molecular formula is C23H32O4. The molecule has 2 aromatic rings. The van der Waals surface area contributed by atoms with Crippen LogP contribution >= 0.6 is 0 Å². The van der Waals surface area contributed by atoms with Gasteiger partial charge in [0.2, 0.25) is 0 Å². The molecule has 2 aromatic carbocycles. The third-order valence-electron chi connectivity index (χ3n) is 4.43. The molecule has 0 saturated heterocycles. The molecule has 0 heterocycles. The second kappa shape index (κ2) is 13.3. The Morgan fingerprint density at radius 2 is 1.30 bits per heavy atom. The van der Waals surface area contributed by atoms with Gasteiger partial charge in [-0.25, -0.2) is 0 Å². The topological polar surface area (TPSA) is 58.9 Å². The third-order valence-corrected chi connectivity index (χ3v) is 4.43. The van der Waals surface area contributed by atoms with Crippen molar-refractivity contribution < 1.29 is 19.7 Å². The van der Waals surface area contributed by atoms with Crippen molar-refractivity contribution in [2.24, 2.45) is 0 Å². The number of aliphatic hydroxyl groups excluding tert-OH is 2. The summed E-state index contributed by atoms with van der Waals surface area (Å²) in [6.45, 7) is 1.39. The van der Waals surface area contributed by atoms with Gasteiger partial charge >= 0.3 is 0 Å². The highest BCUT2D eigenvalue weighted by molar-refractivity contribution is 5.63. The summed E-state index contributed by atoms with van der Waals surface area (Å²) in [5, 5.41) is 17.8. The highest BCUT2D eigenvalue weighted by Gasteiger charge is 2.01. The van der Waals surface area contributed by atoms with Crippen molar-refractivity contribution >= 4 is 0 Å². The van der Waals surface area contributed by atoms with Gasteiger partial charge in [0.05, 0.1) is 19.8 Å². The smallest absolute Gasteiger partial charge is 0.119 e. The number of aliphatic hydroxyl groups is 2. The van der Waals surface area contributed by atoms with Crippen LogP contribution in [0.4, 0.5) is 0 Å². The van der Waals surface area contributed by atoms with E-state index in [4.69, 9.17) is 19.7 Å². The average Bonchev–Trinajstić information content (AvgIpc) is 2.73. The molecule has 0 saturated carbocycles. The van der Waals surface area contributed by atoms with Gasteiger partial charge in [0.15, 0.2) is 0 Å². The van der Waals surface area contributed by atoms with Crippen molar-refractivity contribution in [3.05, 3.63) is 54.6 Å². The number of rotatable bonds is 14. The molecule has 148 valence electrons. The lowest BCUT2D eigenvalue weighted by atomic mass is 10.1. The summed E-state index contributed by atoms with van der Waals surface area (Å²) >= 11 is 0. The van der Waals surface area contributed by atoms with Crippen molar-refractivity contribution in [1.29, 1.82) is 0 Å². The fraction of sp³-hybridized carbons (Fsp3) is 0.478. The quantitative estimate of drug-likeness (QED) is 0.481. The Bertz CT molecular complexity index is 598. The molecule has 0 aliphatic heterocycles. The summed E-state index contributed by atoms with van der Waals surface area (Å²) in [7, 11) is 0. The molecule has 27 heavy (non-hydrogen) atoms. The number of ether oxygens (including phenoxy) is 2. The molecule has 0 fully saturated rings. The maximum absolute atomic E-state index is 9.14. The Kier molecular flexibility index (Phi) is 10.6. The molecule has 1 unspecified atom stereocenters. The van der Waals surface area contributed by atoms with Crippen LogP contribution in [0.3, 0.4) is 0 Å². The Hall–Kier alpha value is -1.88. The first-order chi connectivity index (χ1) is 13.3. The molecule has 2 N–H and O–H groups in total. The van der Waals surface area contributed by atoms with E-state index < -0.39 is 6.10 Å². The molecule has 0 aromatic heterocycles. The Labute approximate surface area is 162 Å². The predicted molar refractivity (Wildman–Crippen MR) is 109 cm³/mol. The van der Waals surface area contributed by atoms with Gasteiger partial charge in [-0.2, -0.15) is 0 Å². The number of hydrogen-bond donors (Lipinski definition) is 2. The molecule has 2 rings (SSSR count). The van der Waals surface area contributed by atoms with Crippen LogP contribution in [0.15, 0.2) is 54.6 Å². The number of unbranched alkanes of at least 4 members (excludes halogenated alkanes) is 5. The summed E-state index contributed by atoms with van der Waals surface area (Å²) in [5.41, 5.74) is 2.43. The van der Waals surface area contributed by atoms with Gasteiger partial charge in [-0.05, 0) is 36.1 Å². The standard InChI is InChI=1S/C23H32O4/c24-18-22(25)19-26-16-8-3-1-2-4-9-17-27-23-14-12-21(13-15-23)20-10-6-5-7-11-20/h5-7,10-15,22,24-25H,1-4,8-9,16-19H2. The molecule has 0 amide bonds. The van der Waals surface area contributed by atoms with E-state index in [9.17, 15) is 0 Å². The van der Waals surface area contributed by atoms with E-state index >= 15 is 0 Å². The van der Waals surface area contributed by atoms with E-state index in [0.717, 1.165) is 31.6 Å². The van der Waals surface area contributed by atoms with Crippen LogP contribution in [-0.4, -0.2) is 42.7 Å². The van der Waals surface area contributed by atoms with Crippen molar-refractivity contribution in [3.8, 4) is 16.9 Å². The molecule has 0 radical (unpaired) electrons. The predicted octanol–water partition coefficient (Wildman–Crippen LogP) is 4.44. The molecule has 0 spiro atoms. The molecule has 0 bridgehead atoms. The molecule has 4 nitrogen and oxygen atoms in total. The Balaban J connectivity index is 1.46.